The van der Waals surface area contributed by atoms with Crippen LogP contribution in [0.15, 0.2) is 78.9 Å². The third-order valence-electron chi connectivity index (χ3n) is 6.85. The van der Waals surface area contributed by atoms with Crippen molar-refractivity contribution in [1.29, 1.82) is 0 Å². The van der Waals surface area contributed by atoms with E-state index in [2.05, 4.69) is 32.5 Å². The van der Waals surface area contributed by atoms with Gasteiger partial charge in [0.25, 0.3) is 0 Å². The molecular weight excluding hydrogens is 481 g/mol. The lowest BCUT2D eigenvalue weighted by atomic mass is 9.94. The molecule has 2 atom stereocenters. The van der Waals surface area contributed by atoms with E-state index in [1.54, 1.807) is 13.2 Å². The van der Waals surface area contributed by atoms with Gasteiger partial charge in [-0.1, -0.05) is 60.7 Å². The molecule has 1 aromatic heterocycles. The van der Waals surface area contributed by atoms with Crippen molar-refractivity contribution in [3.8, 4) is 11.3 Å². The largest absolute Gasteiger partial charge is 0.383 e. The standard InChI is InChI=1S/C30H28FN5O2/c1-32-26-17-25-22(15-24(26)31)16-27(29(33-25)21-11-7-4-8-12-21)34-30(37)35-28-19-36(13-14-38-2)18-23(28)20-9-5-3-6-10-20/h3-12,15-17,23,28H,13-14,18-19H2,2H3,(H2,34,35,37)/t23-,28+/m0/s1. The molecule has 0 radical (unpaired) electrons. The van der Waals surface area contributed by atoms with Crippen molar-refractivity contribution in [3.05, 3.63) is 102 Å². The number of hydrogen-bond acceptors (Lipinski definition) is 4. The van der Waals surface area contributed by atoms with Crippen LogP contribution >= 0.6 is 0 Å². The van der Waals surface area contributed by atoms with Crippen molar-refractivity contribution in [2.24, 2.45) is 0 Å². The molecule has 0 bridgehead atoms. The van der Waals surface area contributed by atoms with Crippen molar-refractivity contribution in [3.63, 3.8) is 0 Å². The predicted molar refractivity (Wildman–Crippen MR) is 147 cm³/mol. The summed E-state index contributed by atoms with van der Waals surface area (Å²) in [4.78, 5) is 23.6. The first-order valence-corrected chi connectivity index (χ1v) is 12.5. The van der Waals surface area contributed by atoms with Gasteiger partial charge in [-0.25, -0.2) is 19.0 Å². The maximum Gasteiger partial charge on any atom is 0.319 e. The Balaban J connectivity index is 1.44. The summed E-state index contributed by atoms with van der Waals surface area (Å²) in [6.07, 6.45) is 0. The molecule has 0 saturated carbocycles. The number of hydrogen-bond donors (Lipinski definition) is 2. The van der Waals surface area contributed by atoms with Crippen molar-refractivity contribution in [2.45, 2.75) is 12.0 Å². The second-order valence-electron chi connectivity index (χ2n) is 9.33. The van der Waals surface area contributed by atoms with E-state index in [0.29, 0.717) is 35.4 Å². The summed E-state index contributed by atoms with van der Waals surface area (Å²) in [6.45, 7) is 10.1. The molecular formula is C30H28FN5O2. The number of carbonyl (C=O) groups excluding carboxylic acids is 1. The van der Waals surface area contributed by atoms with Gasteiger partial charge in [0.05, 0.1) is 36.1 Å². The Morgan fingerprint density at radius 1 is 1.11 bits per heavy atom. The Hall–Kier alpha value is -4.32. The molecule has 7 nitrogen and oxygen atoms in total. The number of carbonyl (C=O) groups is 1. The van der Waals surface area contributed by atoms with Gasteiger partial charge in [0.1, 0.15) is 5.82 Å². The first kappa shape index (κ1) is 25.3. The Bertz CT molecular complexity index is 1470. The zero-order valence-corrected chi connectivity index (χ0v) is 21.0. The van der Waals surface area contributed by atoms with Crippen LogP contribution in [-0.2, 0) is 4.74 Å². The number of nitrogens with one attached hydrogen (secondary N) is 2. The summed E-state index contributed by atoms with van der Waals surface area (Å²) in [5.74, 6) is -0.492. The summed E-state index contributed by atoms with van der Waals surface area (Å²) in [5.41, 5.74) is 3.36. The molecule has 0 unspecified atom stereocenters. The van der Waals surface area contributed by atoms with Crippen LogP contribution in [0.4, 0.5) is 20.6 Å². The number of methoxy groups -OCH3 is 1. The minimum absolute atomic E-state index is 0.0892. The minimum Gasteiger partial charge on any atom is -0.383 e. The number of fused-ring (bicyclic) bond motifs is 1. The van der Waals surface area contributed by atoms with E-state index >= 15 is 0 Å². The number of rotatable bonds is 7. The highest BCUT2D eigenvalue weighted by atomic mass is 19.1. The third kappa shape index (κ3) is 5.49. The van der Waals surface area contributed by atoms with Gasteiger partial charge >= 0.3 is 6.03 Å². The number of nitrogens with zero attached hydrogens (tertiary/aromatic N) is 3. The van der Waals surface area contributed by atoms with Crippen LogP contribution in [0, 0.1) is 12.4 Å². The Labute approximate surface area is 221 Å². The molecule has 1 saturated heterocycles. The van der Waals surface area contributed by atoms with Crippen molar-refractivity contribution in [2.75, 3.05) is 38.7 Å². The fraction of sp³-hybridized carbons (Fsp3) is 0.233. The fourth-order valence-electron chi connectivity index (χ4n) is 4.98. The van der Waals surface area contributed by atoms with Crippen molar-refractivity contribution < 1.29 is 13.9 Å². The molecule has 192 valence electrons. The number of halogens is 1. The number of likely N-dealkylation sites (tertiary alicyclic amines) is 1. The first-order valence-electron chi connectivity index (χ1n) is 12.5. The Kier molecular flexibility index (Phi) is 7.59. The Morgan fingerprint density at radius 3 is 2.55 bits per heavy atom. The topological polar surface area (TPSA) is 70.9 Å². The molecule has 0 spiro atoms. The molecule has 38 heavy (non-hydrogen) atoms. The second-order valence-corrected chi connectivity index (χ2v) is 9.33. The van der Waals surface area contributed by atoms with E-state index < -0.39 is 5.82 Å². The van der Waals surface area contributed by atoms with Gasteiger partial charge < -0.3 is 15.4 Å². The molecule has 2 amide bonds. The fourth-order valence-corrected chi connectivity index (χ4v) is 4.98. The lowest BCUT2D eigenvalue weighted by Crippen LogP contribution is -2.42. The molecule has 2 heterocycles. The number of anilines is 1. The van der Waals surface area contributed by atoms with Crippen LogP contribution < -0.4 is 10.6 Å². The van der Waals surface area contributed by atoms with Crippen molar-refractivity contribution in [1.82, 2.24) is 15.2 Å². The average molecular weight is 510 g/mol. The minimum atomic E-state index is -0.620. The van der Waals surface area contributed by atoms with Crippen LogP contribution in [0.2, 0.25) is 0 Å². The molecule has 4 aromatic rings. The molecule has 1 fully saturated rings. The summed E-state index contributed by atoms with van der Waals surface area (Å²) < 4.78 is 19.6. The maximum absolute atomic E-state index is 14.4. The van der Waals surface area contributed by atoms with Gasteiger partial charge in [-0.3, -0.25) is 4.90 Å². The number of benzene rings is 3. The van der Waals surface area contributed by atoms with Gasteiger partial charge in [0, 0.05) is 43.6 Å². The Morgan fingerprint density at radius 2 is 1.84 bits per heavy atom. The van der Waals surface area contributed by atoms with Crippen LogP contribution in [0.25, 0.3) is 27.0 Å². The second kappa shape index (κ2) is 11.4. The number of aromatic nitrogens is 1. The molecule has 3 aromatic carbocycles. The molecule has 1 aliphatic heterocycles. The summed E-state index contributed by atoms with van der Waals surface area (Å²) in [5, 5.41) is 6.63. The van der Waals surface area contributed by atoms with Crippen LogP contribution in [0.3, 0.4) is 0 Å². The zero-order valence-electron chi connectivity index (χ0n) is 21.0. The quantitative estimate of drug-likeness (QED) is 0.308. The number of urea groups is 1. The van der Waals surface area contributed by atoms with Gasteiger partial charge in [0.2, 0.25) is 5.69 Å². The number of amides is 2. The number of ether oxygens (including phenoxy) is 1. The van der Waals surface area contributed by atoms with E-state index in [4.69, 9.17) is 16.3 Å². The molecule has 8 heteroatoms. The van der Waals surface area contributed by atoms with E-state index in [0.717, 1.165) is 18.7 Å². The summed E-state index contributed by atoms with van der Waals surface area (Å²) >= 11 is 0. The lowest BCUT2D eigenvalue weighted by Gasteiger charge is -2.21. The highest BCUT2D eigenvalue weighted by Gasteiger charge is 2.34. The van der Waals surface area contributed by atoms with Crippen LogP contribution in [0.1, 0.15) is 11.5 Å². The van der Waals surface area contributed by atoms with E-state index in [-0.39, 0.29) is 23.7 Å². The normalized spacial score (nSPS) is 17.3. The zero-order chi connectivity index (χ0) is 26.5. The molecule has 1 aliphatic rings. The van der Waals surface area contributed by atoms with E-state index in [9.17, 15) is 9.18 Å². The predicted octanol–water partition coefficient (Wildman–Crippen LogP) is 5.83. The van der Waals surface area contributed by atoms with Crippen LogP contribution in [0.5, 0.6) is 0 Å². The summed E-state index contributed by atoms with van der Waals surface area (Å²) in [6, 6.07) is 23.6. The maximum atomic E-state index is 14.4. The highest BCUT2D eigenvalue weighted by Crippen LogP contribution is 2.33. The lowest BCUT2D eigenvalue weighted by molar-refractivity contribution is 0.159. The number of pyridine rings is 1. The van der Waals surface area contributed by atoms with E-state index in [1.807, 2.05) is 48.5 Å². The molecule has 2 N–H and O–H groups in total. The van der Waals surface area contributed by atoms with Gasteiger partial charge in [-0.15, -0.1) is 0 Å². The van der Waals surface area contributed by atoms with Gasteiger partial charge in [-0.05, 0) is 23.8 Å². The van der Waals surface area contributed by atoms with Gasteiger partial charge in [-0.2, -0.15) is 0 Å². The molecule has 5 rings (SSSR count). The monoisotopic (exact) mass is 509 g/mol. The highest BCUT2D eigenvalue weighted by molar-refractivity contribution is 5.98. The third-order valence-corrected chi connectivity index (χ3v) is 6.85. The van der Waals surface area contributed by atoms with Gasteiger partial charge in [0.15, 0.2) is 0 Å². The summed E-state index contributed by atoms with van der Waals surface area (Å²) in [7, 11) is 1.68. The first-order chi connectivity index (χ1) is 18.6. The van der Waals surface area contributed by atoms with E-state index in [1.165, 1.54) is 17.7 Å². The smallest absolute Gasteiger partial charge is 0.319 e. The van der Waals surface area contributed by atoms with Crippen molar-refractivity contribution >= 4 is 28.3 Å². The SMILES string of the molecule is [C-]#[N+]c1cc2nc(-c3ccccc3)c(NC(=O)N[C@@H]3CN(CCOC)C[C@H]3c3ccccc3)cc2cc1F. The van der Waals surface area contributed by atoms with Crippen LogP contribution in [-0.4, -0.2) is 55.3 Å². The average Bonchev–Trinajstić information content (AvgIpc) is 3.34. The molecule has 0 aliphatic carbocycles.